The van der Waals surface area contributed by atoms with Gasteiger partial charge in [0.2, 0.25) is 0 Å². The summed E-state index contributed by atoms with van der Waals surface area (Å²) in [5.41, 5.74) is 7.00. The lowest BCUT2D eigenvalue weighted by Gasteiger charge is -2.26. The number of nitrogens with two attached hydrogens (primary N) is 1. The Morgan fingerprint density at radius 2 is 2.21 bits per heavy atom. The Hall–Kier alpha value is -0.870. The van der Waals surface area contributed by atoms with E-state index < -0.39 is 0 Å². The van der Waals surface area contributed by atoms with Gasteiger partial charge in [-0.2, -0.15) is 5.10 Å². The molecule has 0 radical (unpaired) electrons. The van der Waals surface area contributed by atoms with Crippen LogP contribution in [0.2, 0.25) is 0 Å². The molecule has 0 spiro atoms. The molecule has 0 atom stereocenters. The molecule has 0 amide bonds. The fourth-order valence-corrected chi connectivity index (χ4v) is 1.96. The summed E-state index contributed by atoms with van der Waals surface area (Å²) >= 11 is 0. The largest absolute Gasteiger partial charge is 0.328 e. The van der Waals surface area contributed by atoms with Gasteiger partial charge in [-0.15, -0.1) is 0 Å². The predicted molar refractivity (Wildman–Crippen MR) is 55.7 cm³/mol. The van der Waals surface area contributed by atoms with E-state index in [0.717, 1.165) is 25.1 Å². The van der Waals surface area contributed by atoms with Crippen molar-refractivity contribution in [2.75, 3.05) is 0 Å². The van der Waals surface area contributed by atoms with Crippen LogP contribution in [0.4, 0.5) is 0 Å². The van der Waals surface area contributed by atoms with Gasteiger partial charge < -0.3 is 11.1 Å². The lowest BCUT2D eigenvalue weighted by molar-refractivity contribution is 0.341. The minimum Gasteiger partial charge on any atom is -0.328 e. The molecule has 1 fully saturated rings. The van der Waals surface area contributed by atoms with Gasteiger partial charge >= 0.3 is 0 Å². The molecule has 0 aromatic carbocycles. The highest BCUT2D eigenvalue weighted by Crippen LogP contribution is 2.17. The third kappa shape index (κ3) is 2.56. The van der Waals surface area contributed by atoms with E-state index in [9.17, 15) is 0 Å². The third-order valence-electron chi connectivity index (χ3n) is 2.91. The summed E-state index contributed by atoms with van der Waals surface area (Å²) in [7, 11) is 0. The molecule has 4 N–H and O–H groups in total. The van der Waals surface area contributed by atoms with Crippen molar-refractivity contribution < 1.29 is 0 Å². The maximum Gasteiger partial charge on any atom is 0.0490 e. The number of hydrogen-bond acceptors (Lipinski definition) is 3. The minimum absolute atomic E-state index is 0.431. The average molecular weight is 194 g/mol. The first-order valence-corrected chi connectivity index (χ1v) is 5.32. The zero-order valence-electron chi connectivity index (χ0n) is 8.37. The van der Waals surface area contributed by atoms with Crippen LogP contribution in [0.5, 0.6) is 0 Å². The minimum atomic E-state index is 0.431. The summed E-state index contributed by atoms with van der Waals surface area (Å²) in [4.78, 5) is 0. The number of aromatic nitrogens is 2. The molecule has 4 heteroatoms. The molecule has 0 saturated heterocycles. The van der Waals surface area contributed by atoms with Crippen LogP contribution in [-0.2, 0) is 6.54 Å². The van der Waals surface area contributed by atoms with Crippen LogP contribution in [0, 0.1) is 0 Å². The Kier molecular flexibility index (Phi) is 3.16. The first-order valence-electron chi connectivity index (χ1n) is 5.32. The lowest BCUT2D eigenvalue weighted by atomic mass is 9.92. The monoisotopic (exact) mass is 194 g/mol. The predicted octanol–water partition coefficient (Wildman–Crippen LogP) is 0.769. The molecule has 1 saturated carbocycles. The van der Waals surface area contributed by atoms with E-state index in [1.807, 2.05) is 6.07 Å². The van der Waals surface area contributed by atoms with E-state index in [1.165, 1.54) is 12.8 Å². The Morgan fingerprint density at radius 1 is 1.43 bits per heavy atom. The first kappa shape index (κ1) is 9.68. The molecule has 1 aromatic rings. The molecular weight excluding hydrogens is 176 g/mol. The summed E-state index contributed by atoms with van der Waals surface area (Å²) in [6.07, 6.45) is 6.50. The van der Waals surface area contributed by atoms with E-state index >= 15 is 0 Å². The molecule has 1 aliphatic rings. The molecule has 0 aliphatic heterocycles. The van der Waals surface area contributed by atoms with E-state index in [4.69, 9.17) is 5.73 Å². The summed E-state index contributed by atoms with van der Waals surface area (Å²) in [6, 6.07) is 3.07. The van der Waals surface area contributed by atoms with Gasteiger partial charge in [0.15, 0.2) is 0 Å². The van der Waals surface area contributed by atoms with Gasteiger partial charge in [0, 0.05) is 30.5 Å². The highest BCUT2D eigenvalue weighted by atomic mass is 15.1. The Balaban J connectivity index is 1.71. The maximum atomic E-state index is 5.84. The van der Waals surface area contributed by atoms with Crippen LogP contribution >= 0.6 is 0 Å². The van der Waals surface area contributed by atoms with Gasteiger partial charge in [-0.05, 0) is 31.7 Å². The van der Waals surface area contributed by atoms with Crippen LogP contribution in [0.15, 0.2) is 12.3 Å². The summed E-state index contributed by atoms with van der Waals surface area (Å²) < 4.78 is 0. The van der Waals surface area contributed by atoms with Crippen molar-refractivity contribution in [2.45, 2.75) is 44.3 Å². The zero-order chi connectivity index (χ0) is 9.80. The van der Waals surface area contributed by atoms with Gasteiger partial charge in [0.1, 0.15) is 0 Å². The summed E-state index contributed by atoms with van der Waals surface area (Å²) in [5.74, 6) is 0. The van der Waals surface area contributed by atoms with E-state index in [1.54, 1.807) is 6.20 Å². The van der Waals surface area contributed by atoms with Crippen LogP contribution in [0.3, 0.4) is 0 Å². The lowest BCUT2D eigenvalue weighted by Crippen LogP contribution is -2.37. The van der Waals surface area contributed by atoms with Crippen LogP contribution < -0.4 is 11.1 Å². The van der Waals surface area contributed by atoms with Crippen LogP contribution in [0.1, 0.15) is 31.4 Å². The average Bonchev–Trinajstić information content (AvgIpc) is 2.70. The Labute approximate surface area is 84.3 Å². The van der Waals surface area contributed by atoms with Gasteiger partial charge in [0.05, 0.1) is 0 Å². The number of H-pyrrole nitrogens is 1. The fourth-order valence-electron chi connectivity index (χ4n) is 1.96. The summed E-state index contributed by atoms with van der Waals surface area (Å²) in [6.45, 7) is 0.889. The second-order valence-electron chi connectivity index (χ2n) is 4.07. The highest BCUT2D eigenvalue weighted by molar-refractivity contribution is 4.97. The molecule has 78 valence electrons. The second kappa shape index (κ2) is 4.57. The number of nitrogens with one attached hydrogen (secondary N) is 2. The van der Waals surface area contributed by atoms with Crippen molar-refractivity contribution in [1.29, 1.82) is 0 Å². The molecule has 4 nitrogen and oxygen atoms in total. The zero-order valence-corrected chi connectivity index (χ0v) is 8.37. The van der Waals surface area contributed by atoms with Crippen molar-refractivity contribution in [3.8, 4) is 0 Å². The van der Waals surface area contributed by atoms with Crippen molar-refractivity contribution in [1.82, 2.24) is 15.5 Å². The van der Waals surface area contributed by atoms with Crippen molar-refractivity contribution in [3.63, 3.8) is 0 Å². The Bertz CT molecular complexity index is 249. The number of aromatic amines is 1. The fraction of sp³-hybridized carbons (Fsp3) is 0.700. The van der Waals surface area contributed by atoms with Gasteiger partial charge in [0.25, 0.3) is 0 Å². The molecule has 1 aliphatic carbocycles. The molecule has 2 rings (SSSR count). The number of nitrogens with zero attached hydrogens (tertiary/aromatic N) is 1. The Morgan fingerprint density at radius 3 is 2.86 bits per heavy atom. The number of rotatable bonds is 3. The molecular formula is C10H18N4. The van der Waals surface area contributed by atoms with Crippen molar-refractivity contribution in [2.24, 2.45) is 5.73 Å². The second-order valence-corrected chi connectivity index (χ2v) is 4.07. The van der Waals surface area contributed by atoms with Gasteiger partial charge in [-0.1, -0.05) is 0 Å². The smallest absolute Gasteiger partial charge is 0.0490 e. The molecule has 1 heterocycles. The molecule has 0 bridgehead atoms. The topological polar surface area (TPSA) is 66.7 Å². The first-order chi connectivity index (χ1) is 6.84. The molecule has 0 unspecified atom stereocenters. The van der Waals surface area contributed by atoms with Crippen molar-refractivity contribution in [3.05, 3.63) is 18.0 Å². The van der Waals surface area contributed by atoms with E-state index in [0.29, 0.717) is 12.1 Å². The van der Waals surface area contributed by atoms with E-state index in [2.05, 4.69) is 15.5 Å². The summed E-state index contributed by atoms with van der Waals surface area (Å²) in [5, 5.41) is 10.4. The van der Waals surface area contributed by atoms with Gasteiger partial charge in [-0.25, -0.2) is 0 Å². The normalized spacial score (nSPS) is 27.8. The molecule has 1 aromatic heterocycles. The third-order valence-corrected chi connectivity index (χ3v) is 2.91. The number of hydrogen-bond donors (Lipinski definition) is 3. The highest BCUT2D eigenvalue weighted by Gasteiger charge is 2.17. The maximum absolute atomic E-state index is 5.84. The van der Waals surface area contributed by atoms with Crippen LogP contribution in [-0.4, -0.2) is 22.3 Å². The quantitative estimate of drug-likeness (QED) is 0.666. The molecule has 14 heavy (non-hydrogen) atoms. The SMILES string of the molecule is NC1CCC(NCc2ccn[nH]2)CC1. The standard InChI is InChI=1S/C10H18N4/c11-8-1-3-9(4-2-8)12-7-10-5-6-13-14-10/h5-6,8-9,12H,1-4,7,11H2,(H,13,14). The van der Waals surface area contributed by atoms with E-state index in [-0.39, 0.29) is 0 Å². The van der Waals surface area contributed by atoms with Crippen LogP contribution in [0.25, 0.3) is 0 Å². The van der Waals surface area contributed by atoms with Gasteiger partial charge in [-0.3, -0.25) is 5.10 Å². The van der Waals surface area contributed by atoms with Crippen molar-refractivity contribution >= 4 is 0 Å².